The number of hydrogen-bond acceptors (Lipinski definition) is 3. The molecular weight excluding hydrogens is 238 g/mol. The predicted molar refractivity (Wildman–Crippen MR) is 78.1 cm³/mol. The van der Waals surface area contributed by atoms with Gasteiger partial charge in [0.15, 0.2) is 0 Å². The van der Waals surface area contributed by atoms with Crippen LogP contribution in [-0.2, 0) is 9.47 Å². The van der Waals surface area contributed by atoms with Gasteiger partial charge in [0.2, 0.25) is 0 Å². The molecule has 0 aromatic heterocycles. The summed E-state index contributed by atoms with van der Waals surface area (Å²) in [6, 6.07) is 0. The molecule has 0 aromatic carbocycles. The first-order valence-electron chi connectivity index (χ1n) is 7.91. The molecule has 1 heterocycles. The third-order valence-corrected chi connectivity index (χ3v) is 5.03. The third kappa shape index (κ3) is 3.93. The second kappa shape index (κ2) is 6.11. The van der Waals surface area contributed by atoms with Gasteiger partial charge in [-0.05, 0) is 49.9 Å². The van der Waals surface area contributed by atoms with Crippen LogP contribution in [0.5, 0.6) is 0 Å². The normalized spacial score (nSPS) is 37.3. The Morgan fingerprint density at radius 1 is 1.21 bits per heavy atom. The quantitative estimate of drug-likeness (QED) is 0.856. The molecule has 1 atom stereocenters. The number of nitrogens with two attached hydrogens (primary N) is 1. The average Bonchev–Trinajstić information content (AvgIpc) is 2.39. The molecule has 2 N–H and O–H groups in total. The van der Waals surface area contributed by atoms with Gasteiger partial charge in [-0.1, -0.05) is 20.8 Å². The van der Waals surface area contributed by atoms with E-state index in [0.717, 1.165) is 44.8 Å². The molecule has 1 aliphatic carbocycles. The van der Waals surface area contributed by atoms with Crippen molar-refractivity contribution in [1.29, 1.82) is 0 Å². The van der Waals surface area contributed by atoms with Gasteiger partial charge in [-0.25, -0.2) is 0 Å². The maximum Gasteiger partial charge on any atom is 0.0817 e. The fourth-order valence-corrected chi connectivity index (χ4v) is 3.54. The molecule has 0 bridgehead atoms. The summed E-state index contributed by atoms with van der Waals surface area (Å²) in [6.07, 6.45) is 7.23. The summed E-state index contributed by atoms with van der Waals surface area (Å²) in [5, 5.41) is 0. The predicted octanol–water partition coefficient (Wildman–Crippen LogP) is 3.12. The van der Waals surface area contributed by atoms with E-state index in [1.165, 1.54) is 12.8 Å². The summed E-state index contributed by atoms with van der Waals surface area (Å²) in [5.41, 5.74) is 6.38. The lowest BCUT2D eigenvalue weighted by atomic mass is 9.68. The van der Waals surface area contributed by atoms with E-state index in [2.05, 4.69) is 20.8 Å². The molecule has 0 radical (unpaired) electrons. The van der Waals surface area contributed by atoms with Gasteiger partial charge in [0, 0.05) is 13.2 Å². The minimum atomic E-state index is -0.0763. The summed E-state index contributed by atoms with van der Waals surface area (Å²) in [6.45, 7) is 9.35. The number of hydrogen-bond donors (Lipinski definition) is 1. The molecule has 0 amide bonds. The van der Waals surface area contributed by atoms with Crippen LogP contribution in [0.4, 0.5) is 0 Å². The Labute approximate surface area is 118 Å². The Morgan fingerprint density at radius 2 is 1.89 bits per heavy atom. The van der Waals surface area contributed by atoms with Crippen molar-refractivity contribution in [3.8, 4) is 0 Å². The zero-order valence-corrected chi connectivity index (χ0v) is 12.9. The molecule has 2 rings (SSSR count). The molecule has 3 nitrogen and oxygen atoms in total. The van der Waals surface area contributed by atoms with Crippen LogP contribution in [0.3, 0.4) is 0 Å². The van der Waals surface area contributed by atoms with Gasteiger partial charge in [-0.2, -0.15) is 0 Å². The lowest BCUT2D eigenvalue weighted by molar-refractivity contribution is -0.153. The average molecular weight is 269 g/mol. The standard InChI is InChI=1S/C16H31NO2/c1-15(2,3)13-6-8-16(12-17,9-7-13)19-14-5-4-10-18-11-14/h13-14H,4-12,17H2,1-3H3. The van der Waals surface area contributed by atoms with Gasteiger partial charge in [-0.3, -0.25) is 0 Å². The van der Waals surface area contributed by atoms with Crippen LogP contribution in [0.15, 0.2) is 0 Å². The van der Waals surface area contributed by atoms with Crippen molar-refractivity contribution in [1.82, 2.24) is 0 Å². The van der Waals surface area contributed by atoms with E-state index < -0.39 is 0 Å². The van der Waals surface area contributed by atoms with Crippen molar-refractivity contribution in [3.63, 3.8) is 0 Å². The van der Waals surface area contributed by atoms with E-state index in [1.807, 2.05) is 0 Å². The van der Waals surface area contributed by atoms with Crippen LogP contribution in [0.1, 0.15) is 59.3 Å². The first kappa shape index (κ1) is 15.3. The van der Waals surface area contributed by atoms with Crippen LogP contribution in [0, 0.1) is 11.3 Å². The maximum atomic E-state index is 6.38. The van der Waals surface area contributed by atoms with Crippen molar-refractivity contribution in [3.05, 3.63) is 0 Å². The monoisotopic (exact) mass is 269 g/mol. The highest BCUT2D eigenvalue weighted by Gasteiger charge is 2.40. The first-order valence-corrected chi connectivity index (χ1v) is 7.91. The largest absolute Gasteiger partial charge is 0.379 e. The molecule has 1 unspecified atom stereocenters. The van der Waals surface area contributed by atoms with Crippen molar-refractivity contribution >= 4 is 0 Å². The van der Waals surface area contributed by atoms with Gasteiger partial charge in [0.1, 0.15) is 0 Å². The van der Waals surface area contributed by atoms with Gasteiger partial charge in [-0.15, -0.1) is 0 Å². The van der Waals surface area contributed by atoms with E-state index in [-0.39, 0.29) is 11.7 Å². The molecule has 19 heavy (non-hydrogen) atoms. The summed E-state index contributed by atoms with van der Waals surface area (Å²) in [7, 11) is 0. The molecule has 1 saturated heterocycles. The van der Waals surface area contributed by atoms with Crippen molar-refractivity contribution in [2.45, 2.75) is 71.0 Å². The van der Waals surface area contributed by atoms with Crippen molar-refractivity contribution in [2.24, 2.45) is 17.1 Å². The van der Waals surface area contributed by atoms with Crippen LogP contribution < -0.4 is 5.73 Å². The number of ether oxygens (including phenoxy) is 2. The minimum Gasteiger partial charge on any atom is -0.379 e. The topological polar surface area (TPSA) is 44.5 Å². The molecule has 2 aliphatic rings. The van der Waals surface area contributed by atoms with Crippen molar-refractivity contribution < 1.29 is 9.47 Å². The van der Waals surface area contributed by atoms with E-state index in [4.69, 9.17) is 15.2 Å². The lowest BCUT2D eigenvalue weighted by Gasteiger charge is -2.45. The summed E-state index contributed by atoms with van der Waals surface area (Å²) < 4.78 is 11.9. The summed E-state index contributed by atoms with van der Waals surface area (Å²) >= 11 is 0. The first-order chi connectivity index (χ1) is 8.95. The zero-order valence-electron chi connectivity index (χ0n) is 12.9. The highest BCUT2D eigenvalue weighted by molar-refractivity contribution is 4.92. The van der Waals surface area contributed by atoms with E-state index in [9.17, 15) is 0 Å². The number of rotatable bonds is 3. The van der Waals surface area contributed by atoms with Gasteiger partial charge in [0.05, 0.1) is 18.3 Å². The highest BCUT2D eigenvalue weighted by atomic mass is 16.5. The fraction of sp³-hybridized carbons (Fsp3) is 1.00. The van der Waals surface area contributed by atoms with Gasteiger partial charge in [0.25, 0.3) is 0 Å². The Morgan fingerprint density at radius 3 is 2.37 bits per heavy atom. The second-order valence-electron chi connectivity index (χ2n) is 7.48. The summed E-state index contributed by atoms with van der Waals surface area (Å²) in [5.74, 6) is 0.804. The van der Waals surface area contributed by atoms with Crippen LogP contribution >= 0.6 is 0 Å². The van der Waals surface area contributed by atoms with E-state index in [0.29, 0.717) is 12.0 Å². The van der Waals surface area contributed by atoms with Gasteiger partial charge < -0.3 is 15.2 Å². The van der Waals surface area contributed by atoms with E-state index in [1.54, 1.807) is 0 Å². The lowest BCUT2D eigenvalue weighted by Crippen LogP contribution is -2.48. The maximum absolute atomic E-state index is 6.38. The SMILES string of the molecule is CC(C)(C)C1CCC(CN)(OC2CCCOC2)CC1. The fourth-order valence-electron chi connectivity index (χ4n) is 3.54. The smallest absolute Gasteiger partial charge is 0.0817 e. The molecule has 3 heteroatoms. The summed E-state index contributed by atoms with van der Waals surface area (Å²) in [4.78, 5) is 0. The van der Waals surface area contributed by atoms with Crippen LogP contribution in [-0.4, -0.2) is 31.5 Å². The Kier molecular flexibility index (Phi) is 4.91. The zero-order chi connectivity index (χ0) is 13.9. The van der Waals surface area contributed by atoms with Crippen molar-refractivity contribution in [2.75, 3.05) is 19.8 Å². The molecule has 1 saturated carbocycles. The minimum absolute atomic E-state index is 0.0763. The van der Waals surface area contributed by atoms with E-state index >= 15 is 0 Å². The molecular formula is C16H31NO2. The molecule has 0 aromatic rings. The Balaban J connectivity index is 1.90. The Hall–Kier alpha value is -0.120. The molecule has 112 valence electrons. The van der Waals surface area contributed by atoms with Crippen LogP contribution in [0.25, 0.3) is 0 Å². The Bertz CT molecular complexity index is 271. The third-order valence-electron chi connectivity index (χ3n) is 5.03. The highest BCUT2D eigenvalue weighted by Crippen LogP contribution is 2.43. The molecule has 1 aliphatic heterocycles. The molecule has 2 fully saturated rings. The van der Waals surface area contributed by atoms with Crippen LogP contribution in [0.2, 0.25) is 0 Å². The van der Waals surface area contributed by atoms with Gasteiger partial charge >= 0.3 is 0 Å². The second-order valence-corrected chi connectivity index (χ2v) is 7.48. The molecule has 0 spiro atoms.